The van der Waals surface area contributed by atoms with Gasteiger partial charge in [0.1, 0.15) is 5.75 Å². The largest absolute Gasteiger partial charge is 0.496 e. The van der Waals surface area contributed by atoms with Crippen LogP contribution < -0.4 is 4.74 Å². The second kappa shape index (κ2) is 10.7. The van der Waals surface area contributed by atoms with Crippen molar-refractivity contribution in [2.75, 3.05) is 7.11 Å². The van der Waals surface area contributed by atoms with Crippen LogP contribution >= 0.6 is 11.3 Å². The van der Waals surface area contributed by atoms with Crippen LogP contribution in [0.3, 0.4) is 0 Å². The summed E-state index contributed by atoms with van der Waals surface area (Å²) in [4.78, 5) is 6.34. The molecule has 0 aliphatic carbocycles. The topological polar surface area (TPSA) is 65.7 Å². The van der Waals surface area contributed by atoms with Crippen molar-refractivity contribution >= 4 is 11.3 Å². The number of methoxy groups -OCH3 is 1. The Bertz CT molecular complexity index is 931. The van der Waals surface area contributed by atoms with Gasteiger partial charge >= 0.3 is 0 Å². The van der Waals surface area contributed by atoms with E-state index in [-0.39, 0.29) is 5.92 Å². The van der Waals surface area contributed by atoms with Crippen LogP contribution in [-0.4, -0.2) is 32.3 Å². The summed E-state index contributed by atoms with van der Waals surface area (Å²) in [6, 6.07) is 6.10. The first-order valence-electron chi connectivity index (χ1n) is 10.9. The highest BCUT2D eigenvalue weighted by Crippen LogP contribution is 2.24. The van der Waals surface area contributed by atoms with Gasteiger partial charge in [0.25, 0.3) is 0 Å². The lowest BCUT2D eigenvalue weighted by Gasteiger charge is -2.10. The maximum absolute atomic E-state index is 5.56. The van der Waals surface area contributed by atoms with Crippen LogP contribution in [0.2, 0.25) is 0 Å². The van der Waals surface area contributed by atoms with Gasteiger partial charge in [-0.25, -0.2) is 4.98 Å². The summed E-state index contributed by atoms with van der Waals surface area (Å²) < 4.78 is 5.56. The fraction of sp³-hybridized carbons (Fsp3) is 0.565. The zero-order valence-corrected chi connectivity index (χ0v) is 19.6. The highest BCUT2D eigenvalue weighted by Gasteiger charge is 2.11. The third kappa shape index (κ3) is 5.88. The van der Waals surface area contributed by atoms with Crippen LogP contribution in [0, 0.1) is 0 Å². The molecule has 0 aliphatic heterocycles. The third-order valence-electron chi connectivity index (χ3n) is 5.13. The molecule has 0 atom stereocenters. The molecule has 7 heteroatoms. The van der Waals surface area contributed by atoms with E-state index in [0.29, 0.717) is 5.92 Å². The molecule has 2 aromatic heterocycles. The number of nitrogens with zero attached hydrogens (tertiary/aromatic N) is 5. The van der Waals surface area contributed by atoms with Crippen molar-refractivity contribution in [3.63, 3.8) is 0 Å². The van der Waals surface area contributed by atoms with Gasteiger partial charge in [0.15, 0.2) is 5.82 Å². The van der Waals surface area contributed by atoms with Crippen molar-refractivity contribution in [3.05, 3.63) is 45.7 Å². The van der Waals surface area contributed by atoms with Crippen molar-refractivity contribution in [1.29, 1.82) is 0 Å². The summed E-state index contributed by atoms with van der Waals surface area (Å²) >= 11 is 1.79. The average molecular weight is 428 g/mol. The number of aromatic nitrogens is 5. The Labute approximate surface area is 183 Å². The lowest BCUT2D eigenvalue weighted by Crippen LogP contribution is -2.02. The molecule has 3 rings (SSSR count). The Hall–Kier alpha value is -2.28. The molecule has 3 aromatic rings. The number of ether oxygens (including phenoxy) is 1. The van der Waals surface area contributed by atoms with E-state index in [1.165, 1.54) is 35.5 Å². The first kappa shape index (κ1) is 22.4. The van der Waals surface area contributed by atoms with Gasteiger partial charge in [0.05, 0.1) is 23.5 Å². The standard InChI is InChI=1S/C23H33N5OS/c1-16(2)22-25-27-28(26-22)20-12-13-21(29-5)18(14-20)10-8-6-7-9-11-19-15-30-23(24-19)17(3)4/h12-17H,6-11H2,1-5H3. The van der Waals surface area contributed by atoms with E-state index in [2.05, 4.69) is 54.6 Å². The van der Waals surface area contributed by atoms with E-state index < -0.39 is 0 Å². The van der Waals surface area contributed by atoms with E-state index in [4.69, 9.17) is 9.72 Å². The van der Waals surface area contributed by atoms with E-state index in [1.807, 2.05) is 12.1 Å². The number of benzene rings is 1. The summed E-state index contributed by atoms with van der Waals surface area (Å²) in [5, 5.41) is 16.3. The number of aryl methyl sites for hydroxylation is 2. The zero-order chi connectivity index (χ0) is 21.5. The van der Waals surface area contributed by atoms with Crippen molar-refractivity contribution in [3.8, 4) is 11.4 Å². The first-order chi connectivity index (χ1) is 14.5. The van der Waals surface area contributed by atoms with Gasteiger partial charge in [-0.2, -0.15) is 0 Å². The van der Waals surface area contributed by atoms with Gasteiger partial charge in [0, 0.05) is 17.2 Å². The molecule has 0 fully saturated rings. The van der Waals surface area contributed by atoms with Crippen LogP contribution in [-0.2, 0) is 12.8 Å². The molecule has 0 radical (unpaired) electrons. The average Bonchev–Trinajstić information content (AvgIpc) is 3.40. The van der Waals surface area contributed by atoms with Gasteiger partial charge < -0.3 is 4.74 Å². The molecule has 0 N–H and O–H groups in total. The molecular weight excluding hydrogens is 394 g/mol. The smallest absolute Gasteiger partial charge is 0.177 e. The quantitative estimate of drug-likeness (QED) is 0.366. The molecule has 30 heavy (non-hydrogen) atoms. The predicted octanol–water partition coefficient (Wildman–Crippen LogP) is 5.72. The van der Waals surface area contributed by atoms with Gasteiger partial charge in [-0.15, -0.1) is 26.3 Å². The molecule has 0 saturated heterocycles. The van der Waals surface area contributed by atoms with E-state index >= 15 is 0 Å². The van der Waals surface area contributed by atoms with E-state index in [1.54, 1.807) is 23.2 Å². The molecule has 0 aliphatic rings. The number of thiazole rings is 1. The summed E-state index contributed by atoms with van der Waals surface area (Å²) in [6.07, 6.45) is 6.82. The molecule has 0 amide bonds. The Balaban J connectivity index is 1.50. The summed E-state index contributed by atoms with van der Waals surface area (Å²) in [5.74, 6) is 2.47. The Morgan fingerprint density at radius 3 is 2.40 bits per heavy atom. The number of unbranched alkanes of at least 4 members (excludes halogenated alkanes) is 3. The third-order valence-corrected chi connectivity index (χ3v) is 6.33. The maximum atomic E-state index is 5.56. The highest BCUT2D eigenvalue weighted by molar-refractivity contribution is 7.09. The van der Waals surface area contributed by atoms with Crippen LogP contribution in [0.25, 0.3) is 5.69 Å². The summed E-state index contributed by atoms with van der Waals surface area (Å²) in [5.41, 5.74) is 3.37. The number of hydrogen-bond acceptors (Lipinski definition) is 6. The fourth-order valence-electron chi connectivity index (χ4n) is 3.33. The van der Waals surface area contributed by atoms with Crippen molar-refractivity contribution in [2.24, 2.45) is 0 Å². The van der Waals surface area contributed by atoms with E-state index in [0.717, 1.165) is 36.5 Å². The normalized spacial score (nSPS) is 11.6. The highest BCUT2D eigenvalue weighted by atomic mass is 32.1. The lowest BCUT2D eigenvalue weighted by molar-refractivity contribution is 0.408. The first-order valence-corrected chi connectivity index (χ1v) is 11.8. The van der Waals surface area contributed by atoms with Gasteiger partial charge in [-0.05, 0) is 54.7 Å². The minimum atomic E-state index is 0.262. The van der Waals surface area contributed by atoms with Crippen molar-refractivity contribution < 1.29 is 4.74 Å². The van der Waals surface area contributed by atoms with Gasteiger partial charge in [-0.3, -0.25) is 0 Å². The molecule has 1 aromatic carbocycles. The molecule has 0 saturated carbocycles. The fourth-order valence-corrected chi connectivity index (χ4v) is 4.20. The summed E-state index contributed by atoms with van der Waals surface area (Å²) in [6.45, 7) is 8.54. The minimum absolute atomic E-state index is 0.262. The molecule has 0 bridgehead atoms. The Morgan fingerprint density at radius 1 is 1.00 bits per heavy atom. The molecule has 162 valence electrons. The minimum Gasteiger partial charge on any atom is -0.496 e. The van der Waals surface area contributed by atoms with Crippen molar-refractivity contribution in [1.82, 2.24) is 25.2 Å². The van der Waals surface area contributed by atoms with Crippen LogP contribution in [0.4, 0.5) is 0 Å². The molecule has 0 unspecified atom stereocenters. The Morgan fingerprint density at radius 2 is 1.77 bits per heavy atom. The van der Waals surface area contributed by atoms with Crippen molar-refractivity contribution in [2.45, 2.75) is 78.1 Å². The second-order valence-corrected chi connectivity index (χ2v) is 9.22. The Kier molecular flexibility index (Phi) is 7.96. The molecule has 2 heterocycles. The number of rotatable bonds is 11. The maximum Gasteiger partial charge on any atom is 0.177 e. The molecule has 0 spiro atoms. The summed E-state index contributed by atoms with van der Waals surface area (Å²) in [7, 11) is 1.72. The monoisotopic (exact) mass is 427 g/mol. The molecule has 6 nitrogen and oxygen atoms in total. The van der Waals surface area contributed by atoms with Gasteiger partial charge in [0.2, 0.25) is 0 Å². The second-order valence-electron chi connectivity index (χ2n) is 8.33. The van der Waals surface area contributed by atoms with Gasteiger partial charge in [-0.1, -0.05) is 40.5 Å². The number of tetrazole rings is 1. The lowest BCUT2D eigenvalue weighted by atomic mass is 10.0. The van der Waals surface area contributed by atoms with Crippen LogP contribution in [0.1, 0.15) is 87.3 Å². The SMILES string of the molecule is COc1ccc(-n2nnc(C(C)C)n2)cc1CCCCCCc1csc(C(C)C)n1. The van der Waals surface area contributed by atoms with Crippen LogP contribution in [0.15, 0.2) is 23.6 Å². The predicted molar refractivity (Wildman–Crippen MR) is 122 cm³/mol. The number of hydrogen-bond donors (Lipinski definition) is 0. The van der Waals surface area contributed by atoms with E-state index in [9.17, 15) is 0 Å². The zero-order valence-electron chi connectivity index (χ0n) is 18.8. The molecular formula is C23H33N5OS. The van der Waals surface area contributed by atoms with Crippen LogP contribution in [0.5, 0.6) is 5.75 Å².